The normalized spacial score (nSPS) is 21.6. The molecular weight excluding hydrogens is 380 g/mol. The highest BCUT2D eigenvalue weighted by atomic mass is 16.5. The Morgan fingerprint density at radius 1 is 1.13 bits per heavy atom. The summed E-state index contributed by atoms with van der Waals surface area (Å²) < 4.78 is 5.50. The molecule has 2 fully saturated rings. The fourth-order valence-electron chi connectivity index (χ4n) is 4.62. The number of ether oxygens (including phenoxy) is 1. The van der Waals surface area contributed by atoms with Crippen LogP contribution in [0.2, 0.25) is 0 Å². The summed E-state index contributed by atoms with van der Waals surface area (Å²) in [6.07, 6.45) is 3.96. The van der Waals surface area contributed by atoms with Gasteiger partial charge in [0.2, 0.25) is 5.95 Å². The maximum atomic E-state index is 13.2. The maximum absolute atomic E-state index is 13.2. The first-order valence-electron chi connectivity index (χ1n) is 10.9. The summed E-state index contributed by atoms with van der Waals surface area (Å²) in [5, 5.41) is 0. The average molecular weight is 409 g/mol. The summed E-state index contributed by atoms with van der Waals surface area (Å²) in [7, 11) is 0. The smallest absolute Gasteiger partial charge is 0.273 e. The van der Waals surface area contributed by atoms with E-state index in [4.69, 9.17) is 14.7 Å². The Morgan fingerprint density at radius 2 is 1.97 bits per heavy atom. The third-order valence-corrected chi connectivity index (χ3v) is 6.24. The van der Waals surface area contributed by atoms with Crippen LogP contribution in [0, 0.1) is 0 Å². The molecule has 0 N–H and O–H groups in total. The van der Waals surface area contributed by atoms with E-state index in [1.54, 1.807) is 0 Å². The number of carbonyl (C=O) groups is 1. The molecule has 1 amide bonds. The minimum absolute atomic E-state index is 0.00624. The molecule has 1 atom stereocenters. The molecule has 0 saturated carbocycles. The number of nitrogens with zero attached hydrogens (tertiary/aromatic N) is 6. The van der Waals surface area contributed by atoms with Crippen LogP contribution >= 0.6 is 0 Å². The van der Waals surface area contributed by atoms with Crippen LogP contribution in [0.4, 0.5) is 11.8 Å². The number of amides is 1. The first-order valence-corrected chi connectivity index (χ1v) is 10.9. The minimum Gasteiger partial charge on any atom is -0.378 e. The maximum Gasteiger partial charge on any atom is 0.273 e. The SMILES string of the molecule is CC(C)N1Cc2c(nc(N3CCOCC3)nc2N2CCCC2c2ccccn2)C1=O. The van der Waals surface area contributed by atoms with Crippen LogP contribution in [0.1, 0.15) is 54.5 Å². The van der Waals surface area contributed by atoms with Crippen molar-refractivity contribution in [2.45, 2.75) is 45.3 Å². The van der Waals surface area contributed by atoms with Gasteiger partial charge in [0.1, 0.15) is 11.5 Å². The molecule has 2 aromatic heterocycles. The lowest BCUT2D eigenvalue weighted by Crippen LogP contribution is -2.38. The van der Waals surface area contributed by atoms with E-state index in [1.807, 2.05) is 37.1 Å². The summed E-state index contributed by atoms with van der Waals surface area (Å²) in [4.78, 5) is 33.9. The summed E-state index contributed by atoms with van der Waals surface area (Å²) in [5.41, 5.74) is 2.57. The second-order valence-corrected chi connectivity index (χ2v) is 8.41. The van der Waals surface area contributed by atoms with Crippen molar-refractivity contribution < 1.29 is 9.53 Å². The van der Waals surface area contributed by atoms with E-state index in [9.17, 15) is 4.79 Å². The highest BCUT2D eigenvalue weighted by Gasteiger charge is 2.39. The van der Waals surface area contributed by atoms with Crippen LogP contribution in [-0.4, -0.2) is 64.6 Å². The van der Waals surface area contributed by atoms with Crippen molar-refractivity contribution in [2.24, 2.45) is 0 Å². The van der Waals surface area contributed by atoms with Gasteiger partial charge in [0, 0.05) is 37.4 Å². The number of pyridine rings is 1. The molecule has 3 aliphatic heterocycles. The topological polar surface area (TPSA) is 74.7 Å². The third kappa shape index (κ3) is 3.29. The molecule has 3 aliphatic rings. The molecule has 2 aromatic rings. The Bertz CT molecular complexity index is 929. The summed E-state index contributed by atoms with van der Waals surface area (Å²) in [6.45, 7) is 8.36. The molecule has 8 heteroatoms. The predicted molar refractivity (Wildman–Crippen MR) is 114 cm³/mol. The van der Waals surface area contributed by atoms with Crippen LogP contribution < -0.4 is 9.80 Å². The van der Waals surface area contributed by atoms with E-state index < -0.39 is 0 Å². The quantitative estimate of drug-likeness (QED) is 0.769. The van der Waals surface area contributed by atoms with Gasteiger partial charge < -0.3 is 19.4 Å². The number of hydrogen-bond donors (Lipinski definition) is 0. The molecular formula is C22H28N6O2. The van der Waals surface area contributed by atoms with Crippen LogP contribution in [0.5, 0.6) is 0 Å². The van der Waals surface area contributed by atoms with Gasteiger partial charge in [0.15, 0.2) is 0 Å². The average Bonchev–Trinajstić information content (AvgIpc) is 3.40. The molecule has 0 bridgehead atoms. The molecule has 158 valence electrons. The fraction of sp³-hybridized carbons (Fsp3) is 0.545. The van der Waals surface area contributed by atoms with E-state index in [2.05, 4.69) is 20.9 Å². The monoisotopic (exact) mass is 408 g/mol. The van der Waals surface area contributed by atoms with E-state index in [0.717, 1.165) is 49.6 Å². The van der Waals surface area contributed by atoms with Crippen molar-refractivity contribution in [1.82, 2.24) is 19.9 Å². The molecule has 0 radical (unpaired) electrons. The molecule has 2 saturated heterocycles. The lowest BCUT2D eigenvalue weighted by molar-refractivity contribution is 0.0726. The van der Waals surface area contributed by atoms with Gasteiger partial charge in [-0.2, -0.15) is 4.98 Å². The van der Waals surface area contributed by atoms with Gasteiger partial charge in [-0.05, 0) is 38.8 Å². The highest BCUT2D eigenvalue weighted by molar-refractivity contribution is 5.98. The predicted octanol–water partition coefficient (Wildman–Crippen LogP) is 2.41. The van der Waals surface area contributed by atoms with E-state index >= 15 is 0 Å². The fourth-order valence-corrected chi connectivity index (χ4v) is 4.62. The lowest BCUT2D eigenvalue weighted by atomic mass is 10.1. The second kappa shape index (κ2) is 7.83. The molecule has 8 nitrogen and oxygen atoms in total. The molecule has 0 aromatic carbocycles. The summed E-state index contributed by atoms with van der Waals surface area (Å²) in [6, 6.07) is 6.36. The second-order valence-electron chi connectivity index (χ2n) is 8.41. The van der Waals surface area contributed by atoms with Gasteiger partial charge in [0.05, 0.1) is 31.5 Å². The number of fused-ring (bicyclic) bond motifs is 1. The first kappa shape index (κ1) is 19.2. The van der Waals surface area contributed by atoms with Crippen molar-refractivity contribution >= 4 is 17.7 Å². The van der Waals surface area contributed by atoms with E-state index in [-0.39, 0.29) is 18.0 Å². The number of aromatic nitrogens is 3. The zero-order valence-corrected chi connectivity index (χ0v) is 17.6. The van der Waals surface area contributed by atoms with Crippen molar-refractivity contribution in [3.8, 4) is 0 Å². The number of rotatable bonds is 4. The third-order valence-electron chi connectivity index (χ3n) is 6.24. The molecule has 0 aliphatic carbocycles. The minimum atomic E-state index is 0.00624. The highest BCUT2D eigenvalue weighted by Crippen LogP contribution is 2.40. The summed E-state index contributed by atoms with van der Waals surface area (Å²) in [5.74, 6) is 1.54. The van der Waals surface area contributed by atoms with Crippen LogP contribution in [0.25, 0.3) is 0 Å². The van der Waals surface area contributed by atoms with Crippen LogP contribution in [-0.2, 0) is 11.3 Å². The van der Waals surface area contributed by atoms with Gasteiger partial charge in [-0.1, -0.05) is 6.07 Å². The molecule has 30 heavy (non-hydrogen) atoms. The standard InChI is InChI=1S/C22H28N6O2/c1-15(2)28-14-16-19(21(28)29)24-22(26-10-12-30-13-11-26)25-20(16)27-9-5-7-18(27)17-6-3-4-8-23-17/h3-4,6,8,15,18H,5,7,9-14H2,1-2H3. The van der Waals surface area contributed by atoms with Gasteiger partial charge in [-0.25, -0.2) is 4.98 Å². The first-order chi connectivity index (χ1) is 14.6. The van der Waals surface area contributed by atoms with E-state index in [0.29, 0.717) is 31.4 Å². The van der Waals surface area contributed by atoms with Crippen molar-refractivity contribution in [2.75, 3.05) is 42.6 Å². The Hall–Kier alpha value is -2.74. The van der Waals surface area contributed by atoms with Gasteiger partial charge in [-0.3, -0.25) is 9.78 Å². The molecule has 0 spiro atoms. The van der Waals surface area contributed by atoms with Crippen molar-refractivity contribution in [3.63, 3.8) is 0 Å². The Balaban J connectivity index is 1.59. The number of anilines is 2. The van der Waals surface area contributed by atoms with Crippen LogP contribution in [0.15, 0.2) is 24.4 Å². The van der Waals surface area contributed by atoms with E-state index in [1.165, 1.54) is 0 Å². The zero-order valence-electron chi connectivity index (χ0n) is 17.6. The molecule has 1 unspecified atom stereocenters. The molecule has 5 rings (SSSR count). The van der Waals surface area contributed by atoms with Crippen LogP contribution in [0.3, 0.4) is 0 Å². The number of hydrogen-bond acceptors (Lipinski definition) is 7. The van der Waals surface area contributed by atoms with Gasteiger partial charge in [-0.15, -0.1) is 0 Å². The summed E-state index contributed by atoms with van der Waals surface area (Å²) >= 11 is 0. The number of morpholine rings is 1. The Morgan fingerprint density at radius 3 is 2.70 bits per heavy atom. The number of carbonyl (C=O) groups excluding carboxylic acids is 1. The van der Waals surface area contributed by atoms with Crippen molar-refractivity contribution in [1.29, 1.82) is 0 Å². The van der Waals surface area contributed by atoms with Crippen molar-refractivity contribution in [3.05, 3.63) is 41.3 Å². The van der Waals surface area contributed by atoms with Gasteiger partial charge >= 0.3 is 0 Å². The lowest BCUT2D eigenvalue weighted by Gasteiger charge is -2.30. The molecule has 5 heterocycles. The Labute approximate surface area is 176 Å². The zero-order chi connectivity index (χ0) is 20.7. The Kier molecular flexibility index (Phi) is 5.02. The van der Waals surface area contributed by atoms with Gasteiger partial charge in [0.25, 0.3) is 5.91 Å². The largest absolute Gasteiger partial charge is 0.378 e.